The van der Waals surface area contributed by atoms with Gasteiger partial charge in [0.15, 0.2) is 0 Å². The van der Waals surface area contributed by atoms with E-state index in [0.29, 0.717) is 6.33 Å². The van der Waals surface area contributed by atoms with Crippen LogP contribution in [0.25, 0.3) is 0 Å². The lowest BCUT2D eigenvalue weighted by Gasteiger charge is -2.21. The second-order valence-electron chi connectivity index (χ2n) is 4.23. The molecule has 96 valence electrons. The van der Waals surface area contributed by atoms with Gasteiger partial charge in [0.25, 0.3) is 0 Å². The molecule has 2 aromatic carbocycles. The molecule has 19 heavy (non-hydrogen) atoms. The van der Waals surface area contributed by atoms with Crippen molar-refractivity contribution in [3.63, 3.8) is 0 Å². The lowest BCUT2D eigenvalue weighted by molar-refractivity contribution is 0.204. The second-order valence-corrected chi connectivity index (χ2v) is 4.23. The number of aliphatic hydroxyl groups excluding tert-OH is 1. The summed E-state index contributed by atoms with van der Waals surface area (Å²) in [6, 6.07) is 19.4. The summed E-state index contributed by atoms with van der Waals surface area (Å²) in [6.07, 6.45) is 0.817. The largest absolute Gasteiger partial charge is 0.387 e. The van der Waals surface area contributed by atoms with Gasteiger partial charge in [-0.1, -0.05) is 66.4 Å². The number of halogens is 1. The highest BCUT2D eigenvalue weighted by atomic mass is 19.1. The minimum atomic E-state index is -0.822. The second kappa shape index (κ2) is 6.69. The van der Waals surface area contributed by atoms with Crippen molar-refractivity contribution in [1.29, 1.82) is 0 Å². The van der Waals surface area contributed by atoms with Crippen LogP contribution in [0.2, 0.25) is 0 Å². The van der Waals surface area contributed by atoms with Crippen LogP contribution in [0.4, 0.5) is 4.39 Å². The molecular formula is C17H15FO. The molecule has 1 nitrogen and oxygen atoms in total. The summed E-state index contributed by atoms with van der Waals surface area (Å²) in [5.74, 6) is -0.227. The highest BCUT2D eigenvalue weighted by Crippen LogP contribution is 2.28. The van der Waals surface area contributed by atoms with Crippen molar-refractivity contribution < 1.29 is 9.50 Å². The SMILES string of the molecule is OC(C=C=CF)C(c1ccccc1)c1ccccc1. The Bertz CT molecular complexity index is 517. The lowest BCUT2D eigenvalue weighted by atomic mass is 9.86. The minimum Gasteiger partial charge on any atom is -0.387 e. The quantitative estimate of drug-likeness (QED) is 0.822. The van der Waals surface area contributed by atoms with Gasteiger partial charge in [-0.05, 0) is 17.2 Å². The minimum absolute atomic E-state index is 0.227. The molecule has 0 fully saturated rings. The van der Waals surface area contributed by atoms with Crippen LogP contribution in [-0.4, -0.2) is 11.2 Å². The molecule has 0 radical (unpaired) electrons. The summed E-state index contributed by atoms with van der Waals surface area (Å²) < 4.78 is 12.0. The van der Waals surface area contributed by atoms with E-state index in [1.807, 2.05) is 60.7 Å². The Hall–Kier alpha value is -2.15. The normalized spacial score (nSPS) is 11.7. The fourth-order valence-electron chi connectivity index (χ4n) is 2.14. The molecule has 0 aromatic heterocycles. The van der Waals surface area contributed by atoms with Crippen molar-refractivity contribution in [2.24, 2.45) is 0 Å². The molecule has 0 amide bonds. The molecule has 1 unspecified atom stereocenters. The molecule has 2 heteroatoms. The van der Waals surface area contributed by atoms with E-state index in [0.717, 1.165) is 11.1 Å². The lowest BCUT2D eigenvalue weighted by Crippen LogP contribution is -2.17. The molecule has 1 N–H and O–H groups in total. The zero-order valence-electron chi connectivity index (χ0n) is 10.4. The standard InChI is InChI=1S/C17H15FO/c18-13-7-12-16(19)17(14-8-3-1-4-9-14)15-10-5-2-6-11-15/h1-6,8-13,16-17,19H. The Labute approximate surface area is 112 Å². The van der Waals surface area contributed by atoms with Crippen LogP contribution in [-0.2, 0) is 0 Å². The van der Waals surface area contributed by atoms with E-state index in [2.05, 4.69) is 5.73 Å². The van der Waals surface area contributed by atoms with Crippen LogP contribution in [0.3, 0.4) is 0 Å². The average Bonchev–Trinajstić information content (AvgIpc) is 2.47. The van der Waals surface area contributed by atoms with Crippen molar-refractivity contribution in [2.75, 3.05) is 0 Å². The molecule has 0 aliphatic heterocycles. The zero-order chi connectivity index (χ0) is 13.5. The summed E-state index contributed by atoms with van der Waals surface area (Å²) in [4.78, 5) is 0. The van der Waals surface area contributed by atoms with E-state index in [1.165, 1.54) is 6.08 Å². The highest BCUT2D eigenvalue weighted by molar-refractivity contribution is 5.34. The van der Waals surface area contributed by atoms with Crippen LogP contribution in [0, 0.1) is 0 Å². The first-order valence-corrected chi connectivity index (χ1v) is 6.12. The number of hydrogen-bond donors (Lipinski definition) is 1. The van der Waals surface area contributed by atoms with Gasteiger partial charge in [0.1, 0.15) is 6.33 Å². The fourth-order valence-corrected chi connectivity index (χ4v) is 2.14. The molecular weight excluding hydrogens is 239 g/mol. The summed E-state index contributed by atoms with van der Waals surface area (Å²) in [6.45, 7) is 0. The molecule has 2 aromatic rings. The van der Waals surface area contributed by atoms with Crippen molar-refractivity contribution in [2.45, 2.75) is 12.0 Å². The number of benzene rings is 2. The zero-order valence-corrected chi connectivity index (χ0v) is 10.4. The van der Waals surface area contributed by atoms with E-state index in [9.17, 15) is 9.50 Å². The van der Waals surface area contributed by atoms with E-state index in [1.54, 1.807) is 0 Å². The number of rotatable bonds is 4. The Morgan fingerprint density at radius 3 is 1.79 bits per heavy atom. The summed E-state index contributed by atoms with van der Waals surface area (Å²) in [7, 11) is 0. The molecule has 1 atom stereocenters. The Morgan fingerprint density at radius 1 is 0.895 bits per heavy atom. The van der Waals surface area contributed by atoms with Crippen LogP contribution >= 0.6 is 0 Å². The third kappa shape index (κ3) is 3.41. The first-order valence-electron chi connectivity index (χ1n) is 6.12. The molecule has 0 heterocycles. The van der Waals surface area contributed by atoms with Crippen LogP contribution in [0.1, 0.15) is 17.0 Å². The maximum atomic E-state index is 12.0. The molecule has 2 rings (SSSR count). The number of aliphatic hydroxyl groups is 1. The van der Waals surface area contributed by atoms with E-state index >= 15 is 0 Å². The average molecular weight is 254 g/mol. The molecule has 0 aliphatic carbocycles. The summed E-state index contributed by atoms with van der Waals surface area (Å²) in [5, 5.41) is 10.2. The van der Waals surface area contributed by atoms with Crippen LogP contribution in [0.5, 0.6) is 0 Å². The fraction of sp³-hybridized carbons (Fsp3) is 0.118. The molecule has 0 spiro atoms. The Kier molecular flexibility index (Phi) is 4.68. The third-order valence-electron chi connectivity index (χ3n) is 2.99. The van der Waals surface area contributed by atoms with Crippen LogP contribution < -0.4 is 0 Å². The van der Waals surface area contributed by atoms with Gasteiger partial charge in [-0.25, -0.2) is 4.39 Å². The highest BCUT2D eigenvalue weighted by Gasteiger charge is 2.20. The molecule has 0 saturated carbocycles. The van der Waals surface area contributed by atoms with E-state index in [4.69, 9.17) is 0 Å². The Balaban J connectivity index is 2.42. The van der Waals surface area contributed by atoms with Gasteiger partial charge in [-0.15, -0.1) is 0 Å². The van der Waals surface area contributed by atoms with Crippen LogP contribution in [0.15, 0.2) is 78.8 Å². The topological polar surface area (TPSA) is 20.2 Å². The molecule has 0 aliphatic rings. The van der Waals surface area contributed by atoms with Gasteiger partial charge in [0.2, 0.25) is 0 Å². The van der Waals surface area contributed by atoms with Gasteiger partial charge in [0.05, 0.1) is 6.10 Å². The van der Waals surface area contributed by atoms with E-state index in [-0.39, 0.29) is 5.92 Å². The van der Waals surface area contributed by atoms with Gasteiger partial charge in [-0.3, -0.25) is 0 Å². The van der Waals surface area contributed by atoms with Gasteiger partial charge in [-0.2, -0.15) is 0 Å². The smallest absolute Gasteiger partial charge is 0.129 e. The van der Waals surface area contributed by atoms with Gasteiger partial charge in [0, 0.05) is 5.92 Å². The third-order valence-corrected chi connectivity index (χ3v) is 2.99. The first-order chi connectivity index (χ1) is 9.33. The molecule has 0 bridgehead atoms. The molecule has 0 saturated heterocycles. The van der Waals surface area contributed by atoms with Crippen molar-refractivity contribution in [3.8, 4) is 0 Å². The maximum Gasteiger partial charge on any atom is 0.129 e. The summed E-state index contributed by atoms with van der Waals surface area (Å²) >= 11 is 0. The van der Waals surface area contributed by atoms with Crippen molar-refractivity contribution in [3.05, 3.63) is 89.9 Å². The maximum absolute atomic E-state index is 12.0. The van der Waals surface area contributed by atoms with Gasteiger partial charge < -0.3 is 5.11 Å². The first kappa shape index (κ1) is 13.3. The number of hydrogen-bond acceptors (Lipinski definition) is 1. The monoisotopic (exact) mass is 254 g/mol. The van der Waals surface area contributed by atoms with E-state index < -0.39 is 6.10 Å². The Morgan fingerprint density at radius 2 is 1.37 bits per heavy atom. The van der Waals surface area contributed by atoms with Crippen molar-refractivity contribution in [1.82, 2.24) is 0 Å². The predicted molar refractivity (Wildman–Crippen MR) is 74.5 cm³/mol. The van der Waals surface area contributed by atoms with Gasteiger partial charge >= 0.3 is 0 Å². The van der Waals surface area contributed by atoms with Crippen molar-refractivity contribution >= 4 is 0 Å². The predicted octanol–water partition coefficient (Wildman–Crippen LogP) is 3.82. The summed E-state index contributed by atoms with van der Waals surface area (Å²) in [5.41, 5.74) is 4.27.